The predicted molar refractivity (Wildman–Crippen MR) is 216 cm³/mol. The standard InChI is InChI=1S/C42H58N6O9S/c1-7-48-37(50)32-15-11-10-14-31(32)36(45-48)56-30-21-33-35(49)44-42(39(52)46-58(54,55)41(6)16-17-41)22-28(42)13-9-8-12-24(2)18-27(5)34(38(51)47(33)23-30)43-40(53)57-29-19-25(3)26(4)20-29/h9-11,13-15,24-30,33-34H,7-8,12,16-23H2,1-6H3,(H,43,53)(H,44,49)(H,46,52)/b13-9-/t24-,25-,26+,27-,28-,29+,30-,33+,34+,42-/m1/s1. The van der Waals surface area contributed by atoms with E-state index in [0.29, 0.717) is 48.3 Å². The lowest BCUT2D eigenvalue weighted by molar-refractivity contribution is -0.142. The Morgan fingerprint density at radius 2 is 1.66 bits per heavy atom. The minimum atomic E-state index is -4.02. The van der Waals surface area contributed by atoms with Gasteiger partial charge in [0.1, 0.15) is 29.8 Å². The van der Waals surface area contributed by atoms with Gasteiger partial charge in [-0.2, -0.15) is 0 Å². The van der Waals surface area contributed by atoms with E-state index < -0.39 is 68.2 Å². The number of hydrogen-bond acceptors (Lipinski definition) is 10. The van der Waals surface area contributed by atoms with Gasteiger partial charge in [-0.3, -0.25) is 23.9 Å². The minimum Gasteiger partial charge on any atom is -0.471 e. The molecule has 10 atom stereocenters. The topological polar surface area (TPSA) is 195 Å². The summed E-state index contributed by atoms with van der Waals surface area (Å²) in [7, 11) is -4.02. The van der Waals surface area contributed by atoms with Crippen LogP contribution in [0.4, 0.5) is 4.79 Å². The van der Waals surface area contributed by atoms with Gasteiger partial charge in [-0.05, 0) is 101 Å². The summed E-state index contributed by atoms with van der Waals surface area (Å²) >= 11 is 0. The van der Waals surface area contributed by atoms with Gasteiger partial charge in [0.25, 0.3) is 11.5 Å². The third kappa shape index (κ3) is 8.22. The van der Waals surface area contributed by atoms with Crippen molar-refractivity contribution in [3.05, 3.63) is 46.8 Å². The van der Waals surface area contributed by atoms with Gasteiger partial charge in [-0.15, -0.1) is 5.10 Å². The molecule has 4 fully saturated rings. The van der Waals surface area contributed by atoms with Crippen LogP contribution in [0.3, 0.4) is 0 Å². The van der Waals surface area contributed by atoms with E-state index in [1.54, 1.807) is 38.1 Å². The largest absolute Gasteiger partial charge is 0.471 e. The summed E-state index contributed by atoms with van der Waals surface area (Å²) in [6.45, 7) is 11.8. The summed E-state index contributed by atoms with van der Waals surface area (Å²) in [5, 5.41) is 11.2. The lowest BCUT2D eigenvalue weighted by atomic mass is 9.88. The van der Waals surface area contributed by atoms with E-state index in [1.807, 2.05) is 19.1 Å². The lowest BCUT2D eigenvalue weighted by Gasteiger charge is -2.33. The number of alkyl carbamates (subject to hydrolysis) is 1. The van der Waals surface area contributed by atoms with Crippen LogP contribution < -0.4 is 25.7 Å². The normalized spacial score (nSPS) is 34.1. The number of nitrogens with zero attached hydrogens (tertiary/aromatic N) is 3. The highest BCUT2D eigenvalue weighted by Gasteiger charge is 2.63. The maximum atomic E-state index is 15.0. The van der Waals surface area contributed by atoms with Crippen molar-refractivity contribution in [3.8, 4) is 5.88 Å². The predicted octanol–water partition coefficient (Wildman–Crippen LogP) is 4.18. The van der Waals surface area contributed by atoms with Crippen molar-refractivity contribution >= 4 is 44.6 Å². The molecule has 1 saturated heterocycles. The summed E-state index contributed by atoms with van der Waals surface area (Å²) in [5.41, 5.74) is -1.83. The molecule has 0 spiro atoms. The molecular formula is C42H58N6O9S. The molecule has 2 aromatic rings. The number of carbonyl (C=O) groups is 4. The smallest absolute Gasteiger partial charge is 0.408 e. The van der Waals surface area contributed by atoms with Gasteiger partial charge < -0.3 is 25.0 Å². The molecule has 3 saturated carbocycles. The maximum absolute atomic E-state index is 15.0. The Labute approximate surface area is 340 Å². The van der Waals surface area contributed by atoms with Gasteiger partial charge in [-0.1, -0.05) is 52.0 Å². The summed E-state index contributed by atoms with van der Waals surface area (Å²) in [5.74, 6) is -1.69. The molecule has 3 heterocycles. The average Bonchev–Trinajstić information content (AvgIpc) is 4.01. The van der Waals surface area contributed by atoms with E-state index in [4.69, 9.17) is 9.47 Å². The number of allylic oxidation sites excluding steroid dienone is 1. The third-order valence-electron chi connectivity index (χ3n) is 13.4. The molecular weight excluding hydrogens is 765 g/mol. The number of aromatic nitrogens is 2. The maximum Gasteiger partial charge on any atom is 0.408 e. The molecule has 3 N–H and O–H groups in total. The van der Waals surface area contributed by atoms with Crippen molar-refractivity contribution in [2.75, 3.05) is 6.54 Å². The number of carbonyl (C=O) groups excluding carboxylic acids is 4. The third-order valence-corrected chi connectivity index (χ3v) is 15.6. The van der Waals surface area contributed by atoms with Crippen molar-refractivity contribution in [1.82, 2.24) is 30.0 Å². The number of benzene rings is 1. The average molecular weight is 823 g/mol. The molecule has 1 aromatic heterocycles. The second-order valence-corrected chi connectivity index (χ2v) is 20.2. The molecule has 0 unspecified atom stereocenters. The van der Waals surface area contributed by atoms with E-state index in [1.165, 1.54) is 9.58 Å². The number of amides is 4. The van der Waals surface area contributed by atoms with Crippen LogP contribution in [-0.2, 0) is 35.7 Å². The first-order chi connectivity index (χ1) is 27.4. The fraction of sp³-hybridized carbons (Fsp3) is 0.667. The van der Waals surface area contributed by atoms with Gasteiger partial charge in [0.2, 0.25) is 27.7 Å². The van der Waals surface area contributed by atoms with Crippen LogP contribution in [0.15, 0.2) is 41.2 Å². The summed E-state index contributed by atoms with van der Waals surface area (Å²) in [6, 6.07) is 4.70. The van der Waals surface area contributed by atoms with Gasteiger partial charge in [0, 0.05) is 18.9 Å². The molecule has 15 nitrogen and oxygen atoms in total. The van der Waals surface area contributed by atoms with Gasteiger partial charge in [0.05, 0.1) is 22.1 Å². The number of hydrogen-bond donors (Lipinski definition) is 3. The van der Waals surface area contributed by atoms with Crippen molar-refractivity contribution in [2.45, 2.75) is 140 Å². The van der Waals surface area contributed by atoms with Gasteiger partial charge >= 0.3 is 6.09 Å². The van der Waals surface area contributed by atoms with Gasteiger partial charge in [-0.25, -0.2) is 17.9 Å². The first-order valence-corrected chi connectivity index (χ1v) is 22.4. The summed E-state index contributed by atoms with van der Waals surface area (Å²) in [4.78, 5) is 71.6. The molecule has 0 radical (unpaired) electrons. The zero-order valence-corrected chi connectivity index (χ0v) is 35.2. The monoisotopic (exact) mass is 822 g/mol. The quantitative estimate of drug-likeness (QED) is 0.325. The highest BCUT2D eigenvalue weighted by atomic mass is 32.2. The number of sulfonamides is 1. The molecule has 4 amide bonds. The van der Waals surface area contributed by atoms with Crippen LogP contribution >= 0.6 is 0 Å². The molecule has 7 rings (SSSR count). The van der Waals surface area contributed by atoms with Crippen LogP contribution in [-0.4, -0.2) is 88.0 Å². The Hall–Kier alpha value is -4.47. The van der Waals surface area contributed by atoms with E-state index in [0.717, 1.165) is 19.3 Å². The van der Waals surface area contributed by atoms with Crippen LogP contribution in [0.25, 0.3) is 10.8 Å². The molecule has 5 aliphatic rings. The van der Waals surface area contributed by atoms with Crippen LogP contribution in [0.5, 0.6) is 5.88 Å². The Morgan fingerprint density at radius 1 is 0.966 bits per heavy atom. The summed E-state index contributed by atoms with van der Waals surface area (Å²) in [6.07, 6.45) is 6.58. The van der Waals surface area contributed by atoms with Crippen LogP contribution in [0, 0.1) is 29.6 Å². The summed E-state index contributed by atoms with van der Waals surface area (Å²) < 4.78 is 41.4. The zero-order chi connectivity index (χ0) is 41.7. The fourth-order valence-corrected chi connectivity index (χ4v) is 10.4. The number of aryl methyl sites for hydroxylation is 1. The minimum absolute atomic E-state index is 0.00674. The van der Waals surface area contributed by atoms with Crippen molar-refractivity contribution < 1.29 is 37.1 Å². The number of ether oxygens (including phenoxy) is 2. The number of nitrogens with one attached hydrogen (secondary N) is 3. The zero-order valence-electron chi connectivity index (χ0n) is 34.4. The Kier molecular flexibility index (Phi) is 11.5. The second kappa shape index (κ2) is 15.9. The molecule has 316 valence electrons. The first-order valence-electron chi connectivity index (χ1n) is 20.9. The van der Waals surface area contributed by atoms with Crippen molar-refractivity contribution in [2.24, 2.45) is 29.6 Å². The second-order valence-electron chi connectivity index (χ2n) is 18.0. The number of rotatable bonds is 8. The van der Waals surface area contributed by atoms with Crippen molar-refractivity contribution in [1.29, 1.82) is 0 Å². The number of fused-ring (bicyclic) bond motifs is 3. The van der Waals surface area contributed by atoms with E-state index in [2.05, 4.69) is 41.2 Å². The fourth-order valence-electron chi connectivity index (χ4n) is 9.06. The molecule has 3 aliphatic carbocycles. The molecule has 2 aliphatic heterocycles. The first kappa shape index (κ1) is 41.7. The van der Waals surface area contributed by atoms with E-state index in [-0.39, 0.29) is 55.3 Å². The van der Waals surface area contributed by atoms with Crippen LogP contribution in [0.1, 0.15) is 99.3 Å². The Bertz CT molecular complexity index is 2140. The highest BCUT2D eigenvalue weighted by molar-refractivity contribution is 7.91. The molecule has 0 bridgehead atoms. The lowest BCUT2D eigenvalue weighted by Crippen LogP contribution is -2.59. The molecule has 58 heavy (non-hydrogen) atoms. The van der Waals surface area contributed by atoms with Crippen molar-refractivity contribution in [3.63, 3.8) is 0 Å². The van der Waals surface area contributed by atoms with E-state index >= 15 is 0 Å². The van der Waals surface area contributed by atoms with E-state index in [9.17, 15) is 32.4 Å². The Balaban J connectivity index is 1.22. The van der Waals surface area contributed by atoms with Gasteiger partial charge in [0.15, 0.2) is 0 Å². The molecule has 1 aromatic carbocycles. The van der Waals surface area contributed by atoms with Crippen LogP contribution in [0.2, 0.25) is 0 Å². The highest BCUT2D eigenvalue weighted by Crippen LogP contribution is 2.47. The SMILES string of the molecule is CCn1nc(O[C@@H]2C[C@H]3C(=O)N[C@]4(C(=O)NS(=O)(=O)C5(C)CC5)C[C@H]4/C=C\CC[C@@H](C)C[C@@H](C)[C@H](NC(=O)O[C@H]4C[C@@H](C)[C@@H](C)C4)C(=O)N3C2)c2ccccc2c1=O. The molecule has 16 heteroatoms. The Morgan fingerprint density at radius 3 is 2.33 bits per heavy atom.